The van der Waals surface area contributed by atoms with Crippen LogP contribution in [0.25, 0.3) is 0 Å². The first-order chi connectivity index (χ1) is 42.5. The number of hydrogen-bond acceptors (Lipinski definition) is 5. The van der Waals surface area contributed by atoms with E-state index in [0.717, 1.165) is 57.8 Å². The first-order valence-electron chi connectivity index (χ1n) is 38.9. The number of carbonyl (C=O) groups is 2. The summed E-state index contributed by atoms with van der Waals surface area (Å²) < 4.78 is 5.51. The van der Waals surface area contributed by atoms with Crippen LogP contribution >= 0.6 is 0 Å². The van der Waals surface area contributed by atoms with Gasteiger partial charge in [0.05, 0.1) is 25.4 Å². The van der Waals surface area contributed by atoms with Crippen molar-refractivity contribution in [1.82, 2.24) is 5.32 Å². The van der Waals surface area contributed by atoms with Gasteiger partial charge in [-0.05, 0) is 89.9 Å². The summed E-state index contributed by atoms with van der Waals surface area (Å²) in [6.07, 6.45) is 99.3. The van der Waals surface area contributed by atoms with Crippen molar-refractivity contribution in [3.05, 3.63) is 48.6 Å². The van der Waals surface area contributed by atoms with E-state index in [1.54, 1.807) is 0 Å². The van der Waals surface area contributed by atoms with Crippen LogP contribution in [-0.2, 0) is 14.3 Å². The number of esters is 1. The van der Waals surface area contributed by atoms with Crippen molar-refractivity contribution < 1.29 is 24.5 Å². The van der Waals surface area contributed by atoms with Crippen LogP contribution in [-0.4, -0.2) is 47.4 Å². The smallest absolute Gasteiger partial charge is 0.305 e. The molecular formula is C80H151NO5. The molecule has 0 saturated heterocycles. The summed E-state index contributed by atoms with van der Waals surface area (Å²) in [7, 11) is 0. The average molecular weight is 1210 g/mol. The van der Waals surface area contributed by atoms with Gasteiger partial charge < -0.3 is 20.3 Å². The number of nitrogens with one attached hydrogen (secondary N) is 1. The second-order valence-electron chi connectivity index (χ2n) is 26.7. The molecule has 3 N–H and O–H groups in total. The van der Waals surface area contributed by atoms with E-state index in [2.05, 4.69) is 67.8 Å². The fraction of sp³-hybridized carbons (Fsp3) is 0.875. The highest BCUT2D eigenvalue weighted by molar-refractivity contribution is 5.76. The largest absolute Gasteiger partial charge is 0.466 e. The molecule has 0 fully saturated rings. The zero-order chi connectivity index (χ0) is 62.0. The maximum absolute atomic E-state index is 12.5. The van der Waals surface area contributed by atoms with E-state index in [9.17, 15) is 19.8 Å². The van der Waals surface area contributed by atoms with E-state index >= 15 is 0 Å². The zero-order valence-electron chi connectivity index (χ0n) is 58.1. The van der Waals surface area contributed by atoms with E-state index in [1.807, 2.05) is 0 Å². The molecule has 2 atom stereocenters. The molecule has 0 aliphatic rings. The van der Waals surface area contributed by atoms with Crippen LogP contribution < -0.4 is 5.32 Å². The number of amides is 1. The third-order valence-electron chi connectivity index (χ3n) is 18.1. The van der Waals surface area contributed by atoms with Crippen molar-refractivity contribution in [1.29, 1.82) is 0 Å². The molecule has 6 nitrogen and oxygen atoms in total. The molecule has 0 aromatic carbocycles. The minimum atomic E-state index is -0.661. The Hall–Kier alpha value is -2.18. The van der Waals surface area contributed by atoms with Crippen molar-refractivity contribution in [2.24, 2.45) is 0 Å². The highest BCUT2D eigenvalue weighted by atomic mass is 16.5. The highest BCUT2D eigenvalue weighted by Gasteiger charge is 2.20. The second-order valence-corrected chi connectivity index (χ2v) is 26.7. The lowest BCUT2D eigenvalue weighted by Gasteiger charge is -2.22. The summed E-state index contributed by atoms with van der Waals surface area (Å²) in [5.74, 6) is -0.0143. The lowest BCUT2D eigenvalue weighted by molar-refractivity contribution is -0.143. The monoisotopic (exact) mass is 1210 g/mol. The number of carbonyl (C=O) groups excluding carboxylic acids is 2. The lowest BCUT2D eigenvalue weighted by Crippen LogP contribution is -2.45. The summed E-state index contributed by atoms with van der Waals surface area (Å²) in [6.45, 7) is 4.95. The molecule has 0 rings (SSSR count). The summed E-state index contributed by atoms with van der Waals surface area (Å²) in [4.78, 5) is 24.6. The minimum absolute atomic E-state index is 0.0168. The van der Waals surface area contributed by atoms with Gasteiger partial charge in [0.25, 0.3) is 0 Å². The molecule has 0 bridgehead atoms. The topological polar surface area (TPSA) is 95.9 Å². The van der Waals surface area contributed by atoms with Gasteiger partial charge in [-0.2, -0.15) is 0 Å². The molecule has 2 unspecified atom stereocenters. The van der Waals surface area contributed by atoms with Crippen molar-refractivity contribution in [2.45, 2.75) is 437 Å². The quantitative estimate of drug-likeness (QED) is 0.0320. The van der Waals surface area contributed by atoms with Gasteiger partial charge in [-0.3, -0.25) is 9.59 Å². The third kappa shape index (κ3) is 70.9. The van der Waals surface area contributed by atoms with Crippen LogP contribution in [0.5, 0.6) is 0 Å². The Kier molecular flexibility index (Phi) is 73.4. The number of hydrogen-bond donors (Lipinski definition) is 3. The van der Waals surface area contributed by atoms with Crippen molar-refractivity contribution in [2.75, 3.05) is 13.2 Å². The SMILES string of the molecule is CCCCC/C=C\C/C=C\CCCCCCCCCCCC(=O)OCCCCCCCCCCCCCCCCC/C=C\C/C=C\CCCCCCCCCCCCCCCCCCCC(=O)NC(CO)C(O)CCCCCCCCCCCCC. The van der Waals surface area contributed by atoms with E-state index in [0.29, 0.717) is 25.9 Å². The Morgan fingerprint density at radius 3 is 0.907 bits per heavy atom. The summed E-state index contributed by atoms with van der Waals surface area (Å²) in [5.41, 5.74) is 0. The van der Waals surface area contributed by atoms with E-state index in [4.69, 9.17) is 4.74 Å². The summed E-state index contributed by atoms with van der Waals surface area (Å²) in [6, 6.07) is -0.538. The highest BCUT2D eigenvalue weighted by Crippen LogP contribution is 2.19. The molecule has 506 valence electrons. The summed E-state index contributed by atoms with van der Waals surface area (Å²) in [5, 5.41) is 23.2. The molecular weight excluding hydrogens is 1050 g/mol. The molecule has 0 aliphatic carbocycles. The molecule has 0 aliphatic heterocycles. The number of aliphatic hydroxyl groups excluding tert-OH is 2. The maximum atomic E-state index is 12.5. The van der Waals surface area contributed by atoms with Crippen molar-refractivity contribution >= 4 is 11.9 Å². The molecule has 6 heteroatoms. The molecule has 0 saturated carbocycles. The number of ether oxygens (including phenoxy) is 1. The Morgan fingerprint density at radius 1 is 0.326 bits per heavy atom. The second kappa shape index (κ2) is 75.3. The number of unbranched alkanes of at least 4 members (excludes halogenated alkanes) is 54. The zero-order valence-corrected chi connectivity index (χ0v) is 58.1. The first kappa shape index (κ1) is 83.8. The van der Waals surface area contributed by atoms with Crippen LogP contribution in [0.15, 0.2) is 48.6 Å². The van der Waals surface area contributed by atoms with E-state index in [-0.39, 0.29) is 18.5 Å². The number of aliphatic hydroxyl groups is 2. The Labute approximate surface area is 537 Å². The molecule has 86 heavy (non-hydrogen) atoms. The van der Waals surface area contributed by atoms with Gasteiger partial charge in [0.2, 0.25) is 5.91 Å². The Bertz CT molecular complexity index is 1440. The van der Waals surface area contributed by atoms with Crippen LogP contribution in [0.3, 0.4) is 0 Å². The molecule has 0 spiro atoms. The van der Waals surface area contributed by atoms with Gasteiger partial charge in [0.1, 0.15) is 0 Å². The molecule has 0 radical (unpaired) electrons. The molecule has 0 aromatic heterocycles. The van der Waals surface area contributed by atoms with Gasteiger partial charge in [-0.1, -0.05) is 371 Å². The van der Waals surface area contributed by atoms with Crippen LogP contribution in [0.1, 0.15) is 425 Å². The van der Waals surface area contributed by atoms with Gasteiger partial charge in [-0.25, -0.2) is 0 Å². The maximum Gasteiger partial charge on any atom is 0.305 e. The predicted molar refractivity (Wildman–Crippen MR) is 379 cm³/mol. The average Bonchev–Trinajstić information content (AvgIpc) is 3.58. The number of rotatable bonds is 73. The van der Waals surface area contributed by atoms with E-state index < -0.39 is 12.1 Å². The van der Waals surface area contributed by atoms with Crippen LogP contribution in [0.4, 0.5) is 0 Å². The summed E-state index contributed by atoms with van der Waals surface area (Å²) >= 11 is 0. The Morgan fingerprint density at radius 2 is 0.581 bits per heavy atom. The van der Waals surface area contributed by atoms with Crippen molar-refractivity contribution in [3.63, 3.8) is 0 Å². The van der Waals surface area contributed by atoms with Gasteiger partial charge >= 0.3 is 5.97 Å². The molecule has 0 heterocycles. The Balaban J connectivity index is 3.33. The van der Waals surface area contributed by atoms with Gasteiger partial charge in [0, 0.05) is 12.8 Å². The van der Waals surface area contributed by atoms with E-state index in [1.165, 1.54) is 334 Å². The van der Waals surface area contributed by atoms with Crippen molar-refractivity contribution in [3.8, 4) is 0 Å². The molecule has 0 aromatic rings. The lowest BCUT2D eigenvalue weighted by atomic mass is 10.0. The normalized spacial score (nSPS) is 12.7. The van der Waals surface area contributed by atoms with Crippen LogP contribution in [0, 0.1) is 0 Å². The number of allylic oxidation sites excluding steroid dienone is 8. The standard InChI is InChI=1S/C80H151NO5/c1-3-5-7-9-11-13-15-16-17-18-40-44-47-50-54-58-62-66-70-74-80(85)86-75-71-67-63-59-55-51-48-45-42-39-37-35-33-31-29-27-25-23-21-19-20-22-24-26-28-30-32-34-36-38-41-43-46-49-53-57-61-65-69-73-79(84)81-77(76-82)78(83)72-68-64-60-56-52-14-12-10-8-6-4-2/h11,13,16-17,19-20,23,25,77-78,82-83H,3-10,12,14-15,18,21-22,24,26-76H2,1-2H3,(H,81,84)/b13-11-,17-16-,20-19-,25-23-. The predicted octanol–water partition coefficient (Wildman–Crippen LogP) is 25.6. The van der Waals surface area contributed by atoms with Gasteiger partial charge in [-0.15, -0.1) is 0 Å². The third-order valence-corrected chi connectivity index (χ3v) is 18.1. The fourth-order valence-electron chi connectivity index (χ4n) is 12.2. The molecule has 1 amide bonds. The van der Waals surface area contributed by atoms with Crippen LogP contribution in [0.2, 0.25) is 0 Å². The van der Waals surface area contributed by atoms with Gasteiger partial charge in [0.15, 0.2) is 0 Å². The first-order valence-corrected chi connectivity index (χ1v) is 38.9. The fourth-order valence-corrected chi connectivity index (χ4v) is 12.2. The minimum Gasteiger partial charge on any atom is -0.466 e.